The van der Waals surface area contributed by atoms with Crippen LogP contribution in [-0.2, 0) is 20.9 Å². The summed E-state index contributed by atoms with van der Waals surface area (Å²) in [5.74, 6) is -0.0715. The molecule has 1 atom stereocenters. The zero-order chi connectivity index (χ0) is 19.6. The maximum absolute atomic E-state index is 11.8. The number of hydrogen-bond donors (Lipinski definition) is 2. The van der Waals surface area contributed by atoms with Crippen LogP contribution in [0, 0.1) is 0 Å². The number of nitrogens with zero attached hydrogens (tertiary/aromatic N) is 3. The van der Waals surface area contributed by atoms with Crippen molar-refractivity contribution in [3.8, 4) is 5.75 Å². The van der Waals surface area contributed by atoms with E-state index in [-0.39, 0.29) is 30.8 Å². The first kappa shape index (κ1) is 18.7. The molecular weight excluding hydrogens is 352 g/mol. The van der Waals surface area contributed by atoms with Crippen molar-refractivity contribution in [2.75, 3.05) is 20.2 Å². The van der Waals surface area contributed by atoms with Crippen molar-refractivity contribution >= 4 is 29.4 Å². The largest absolute Gasteiger partial charge is 0.494 e. The molecule has 27 heavy (non-hydrogen) atoms. The second-order valence-corrected chi connectivity index (χ2v) is 6.61. The first-order valence-corrected chi connectivity index (χ1v) is 8.73. The summed E-state index contributed by atoms with van der Waals surface area (Å²) in [7, 11) is 1.47. The number of amides is 2. The Morgan fingerprint density at radius 1 is 1.44 bits per heavy atom. The van der Waals surface area contributed by atoms with Gasteiger partial charge >= 0.3 is 5.97 Å². The molecule has 1 aromatic rings. The Morgan fingerprint density at radius 3 is 2.96 bits per heavy atom. The molecule has 3 rings (SSSR count). The SMILES string of the molecule is CC1C(=O)NC2=Nc3ccc(OCCCC(=O)N(C)CC(=O)O)cc3CN21. The molecule has 144 valence electrons. The van der Waals surface area contributed by atoms with Crippen molar-refractivity contribution in [2.24, 2.45) is 4.99 Å². The Morgan fingerprint density at radius 2 is 2.22 bits per heavy atom. The van der Waals surface area contributed by atoms with Gasteiger partial charge in [0.05, 0.1) is 12.3 Å². The quantitative estimate of drug-likeness (QED) is 0.680. The monoisotopic (exact) mass is 374 g/mol. The molecule has 1 unspecified atom stereocenters. The molecule has 0 aliphatic carbocycles. The van der Waals surface area contributed by atoms with Gasteiger partial charge < -0.3 is 19.6 Å². The molecule has 1 fully saturated rings. The van der Waals surface area contributed by atoms with Crippen LogP contribution in [0.3, 0.4) is 0 Å². The summed E-state index contributed by atoms with van der Waals surface area (Å²) < 4.78 is 5.71. The molecule has 9 nitrogen and oxygen atoms in total. The highest BCUT2D eigenvalue weighted by Gasteiger charge is 2.35. The fourth-order valence-electron chi connectivity index (χ4n) is 3.00. The van der Waals surface area contributed by atoms with Gasteiger partial charge in [-0.1, -0.05) is 0 Å². The van der Waals surface area contributed by atoms with Gasteiger partial charge in [-0.05, 0) is 31.5 Å². The molecule has 1 saturated heterocycles. The molecule has 2 aliphatic rings. The van der Waals surface area contributed by atoms with Crippen LogP contribution >= 0.6 is 0 Å². The van der Waals surface area contributed by atoms with Gasteiger partial charge in [0.15, 0.2) is 0 Å². The van der Waals surface area contributed by atoms with Crippen LogP contribution in [0.2, 0.25) is 0 Å². The van der Waals surface area contributed by atoms with Gasteiger partial charge in [0, 0.05) is 25.6 Å². The summed E-state index contributed by atoms with van der Waals surface area (Å²) in [6.45, 7) is 2.45. The molecule has 2 N–H and O–H groups in total. The Labute approximate surface area is 156 Å². The number of aliphatic carboxylic acids is 1. The van der Waals surface area contributed by atoms with E-state index in [9.17, 15) is 14.4 Å². The molecule has 0 saturated carbocycles. The number of carbonyl (C=O) groups is 3. The maximum atomic E-state index is 11.8. The highest BCUT2D eigenvalue weighted by Crippen LogP contribution is 2.31. The van der Waals surface area contributed by atoms with Crippen molar-refractivity contribution in [1.82, 2.24) is 15.1 Å². The number of carbonyl (C=O) groups excluding carboxylic acids is 2. The zero-order valence-corrected chi connectivity index (χ0v) is 15.3. The summed E-state index contributed by atoms with van der Waals surface area (Å²) in [6, 6.07) is 5.28. The predicted molar refractivity (Wildman–Crippen MR) is 96.7 cm³/mol. The molecule has 1 aromatic carbocycles. The molecule has 0 radical (unpaired) electrons. The third kappa shape index (κ3) is 4.18. The van der Waals surface area contributed by atoms with Crippen LogP contribution in [-0.4, -0.2) is 64.9 Å². The molecule has 9 heteroatoms. The van der Waals surface area contributed by atoms with Crippen molar-refractivity contribution in [1.29, 1.82) is 0 Å². The van der Waals surface area contributed by atoms with E-state index < -0.39 is 5.97 Å². The molecule has 2 aliphatic heterocycles. The summed E-state index contributed by atoms with van der Waals surface area (Å²) in [4.78, 5) is 41.7. The molecule has 0 bridgehead atoms. The molecular formula is C18H22N4O5. The number of benzene rings is 1. The fourth-order valence-corrected chi connectivity index (χ4v) is 3.00. The topological polar surface area (TPSA) is 112 Å². The van der Waals surface area contributed by atoms with E-state index in [4.69, 9.17) is 9.84 Å². The number of likely N-dealkylation sites (N-methyl/N-ethyl adjacent to an activating group) is 1. The fraction of sp³-hybridized carbons (Fsp3) is 0.444. The van der Waals surface area contributed by atoms with Crippen LogP contribution in [0.5, 0.6) is 5.75 Å². The minimum Gasteiger partial charge on any atom is -0.494 e. The Hall–Kier alpha value is -3.10. The van der Waals surface area contributed by atoms with Crippen LogP contribution in [0.25, 0.3) is 0 Å². The average molecular weight is 374 g/mol. The van der Waals surface area contributed by atoms with Crippen LogP contribution in [0.1, 0.15) is 25.3 Å². The second kappa shape index (κ2) is 7.65. The molecule has 0 spiro atoms. The molecule has 2 heterocycles. The van der Waals surface area contributed by atoms with Gasteiger partial charge in [-0.2, -0.15) is 0 Å². The smallest absolute Gasteiger partial charge is 0.323 e. The third-order valence-corrected chi connectivity index (χ3v) is 4.57. The number of rotatable bonds is 7. The van der Waals surface area contributed by atoms with Gasteiger partial charge in [0.2, 0.25) is 17.8 Å². The van der Waals surface area contributed by atoms with Gasteiger partial charge in [-0.3, -0.25) is 19.7 Å². The Kier molecular flexibility index (Phi) is 5.29. The summed E-state index contributed by atoms with van der Waals surface area (Å²) in [5, 5.41) is 11.5. The lowest BCUT2D eigenvalue weighted by atomic mass is 10.1. The van der Waals surface area contributed by atoms with Crippen LogP contribution < -0.4 is 10.1 Å². The molecule has 2 amide bonds. The maximum Gasteiger partial charge on any atom is 0.323 e. The number of ether oxygens (including phenoxy) is 1. The van der Waals surface area contributed by atoms with Crippen LogP contribution in [0.4, 0.5) is 5.69 Å². The van der Waals surface area contributed by atoms with Crippen molar-refractivity contribution in [3.05, 3.63) is 23.8 Å². The predicted octanol–water partition coefficient (Wildman–Crippen LogP) is 0.710. The van der Waals surface area contributed by atoms with Crippen molar-refractivity contribution in [3.63, 3.8) is 0 Å². The number of aliphatic imine (C=N–C) groups is 1. The highest BCUT2D eigenvalue weighted by molar-refractivity contribution is 6.07. The van der Waals surface area contributed by atoms with Gasteiger partial charge in [-0.15, -0.1) is 0 Å². The minimum atomic E-state index is -1.04. The summed E-state index contributed by atoms with van der Waals surface area (Å²) in [5.41, 5.74) is 1.77. The molecule has 0 aromatic heterocycles. The lowest BCUT2D eigenvalue weighted by Crippen LogP contribution is -2.35. The van der Waals surface area contributed by atoms with E-state index >= 15 is 0 Å². The lowest BCUT2D eigenvalue weighted by Gasteiger charge is -2.26. The first-order chi connectivity index (χ1) is 12.8. The number of carboxylic acid groups (broad SMARTS) is 1. The van der Waals surface area contributed by atoms with E-state index in [2.05, 4.69) is 10.3 Å². The first-order valence-electron chi connectivity index (χ1n) is 8.73. The van der Waals surface area contributed by atoms with Gasteiger partial charge in [0.25, 0.3) is 0 Å². The number of guanidine groups is 1. The van der Waals surface area contributed by atoms with Crippen molar-refractivity contribution < 1.29 is 24.2 Å². The van der Waals surface area contributed by atoms with Gasteiger partial charge in [-0.25, -0.2) is 4.99 Å². The van der Waals surface area contributed by atoms with E-state index in [1.807, 2.05) is 24.0 Å². The minimum absolute atomic E-state index is 0.0597. The van der Waals surface area contributed by atoms with E-state index in [1.165, 1.54) is 11.9 Å². The van der Waals surface area contributed by atoms with Crippen LogP contribution in [0.15, 0.2) is 23.2 Å². The number of fused-ring (bicyclic) bond motifs is 2. The van der Waals surface area contributed by atoms with Gasteiger partial charge in [0.1, 0.15) is 18.3 Å². The Bertz CT molecular complexity index is 807. The Balaban J connectivity index is 1.52. The zero-order valence-electron chi connectivity index (χ0n) is 15.3. The van der Waals surface area contributed by atoms with Crippen molar-refractivity contribution in [2.45, 2.75) is 32.4 Å². The van der Waals surface area contributed by atoms with E-state index in [0.717, 1.165) is 11.3 Å². The second-order valence-electron chi connectivity index (χ2n) is 6.61. The standard InChI is InChI=1S/C18H22N4O5/c1-11-17(26)20-18-19-14-6-5-13(8-12(14)9-22(11)18)27-7-3-4-15(23)21(2)10-16(24)25/h5-6,8,11H,3-4,7,9-10H2,1-2H3,(H,24,25)(H,19,20,26). The number of carboxylic acids is 1. The summed E-state index contributed by atoms with van der Waals surface area (Å²) >= 11 is 0. The normalized spacial score (nSPS) is 17.6. The third-order valence-electron chi connectivity index (χ3n) is 4.57. The average Bonchev–Trinajstić information content (AvgIpc) is 2.89. The van der Waals surface area contributed by atoms with E-state index in [0.29, 0.717) is 31.3 Å². The highest BCUT2D eigenvalue weighted by atomic mass is 16.5. The summed E-state index contributed by atoms with van der Waals surface area (Å²) in [6.07, 6.45) is 0.713. The number of nitrogens with one attached hydrogen (secondary N) is 1. The van der Waals surface area contributed by atoms with E-state index in [1.54, 1.807) is 6.07 Å². The number of hydrogen-bond acceptors (Lipinski definition) is 6. The lowest BCUT2D eigenvalue weighted by molar-refractivity contribution is -0.143.